The van der Waals surface area contributed by atoms with Crippen LogP contribution < -0.4 is 10.5 Å². The lowest BCUT2D eigenvalue weighted by atomic mass is 9.99. The number of aromatic amines is 1. The predicted octanol–water partition coefficient (Wildman–Crippen LogP) is 4.09. The highest BCUT2D eigenvalue weighted by Gasteiger charge is 2.16. The number of hydrogen-bond donors (Lipinski definition) is 2. The summed E-state index contributed by atoms with van der Waals surface area (Å²) >= 11 is 0. The zero-order valence-electron chi connectivity index (χ0n) is 18.7. The Bertz CT molecular complexity index is 1330. The van der Waals surface area contributed by atoms with E-state index in [1.54, 1.807) is 0 Å². The molecule has 0 radical (unpaired) electrons. The quantitative estimate of drug-likeness (QED) is 0.285. The van der Waals surface area contributed by atoms with Gasteiger partial charge in [-0.05, 0) is 53.9 Å². The highest BCUT2D eigenvalue weighted by atomic mass is 32.2. The summed E-state index contributed by atoms with van der Waals surface area (Å²) in [6.07, 6.45) is 2.38. The van der Waals surface area contributed by atoms with Crippen LogP contribution in [0.1, 0.15) is 18.9 Å². The van der Waals surface area contributed by atoms with Crippen molar-refractivity contribution >= 4 is 38.7 Å². The van der Waals surface area contributed by atoms with E-state index in [4.69, 9.17) is 15.2 Å². The lowest BCUT2D eigenvalue weighted by Crippen LogP contribution is -2.18. The van der Waals surface area contributed by atoms with Crippen molar-refractivity contribution in [3.05, 3.63) is 54.2 Å². The van der Waals surface area contributed by atoms with Gasteiger partial charge in [0.05, 0.1) is 36.1 Å². The molecule has 0 amide bonds. The Morgan fingerprint density at radius 3 is 2.82 bits per heavy atom. The van der Waals surface area contributed by atoms with Gasteiger partial charge in [-0.15, -0.1) is 0 Å². The summed E-state index contributed by atoms with van der Waals surface area (Å²) in [7, 11) is -1.03. The molecule has 0 aliphatic heterocycles. The summed E-state index contributed by atoms with van der Waals surface area (Å²) in [5.41, 5.74) is 9.94. The first-order valence-electron chi connectivity index (χ1n) is 10.9. The number of carbonyl (C=O) groups is 1. The number of fused-ring (bicyclic) bond motifs is 3. The van der Waals surface area contributed by atoms with E-state index >= 15 is 0 Å². The third-order valence-electron chi connectivity index (χ3n) is 5.35. The van der Waals surface area contributed by atoms with E-state index in [1.807, 2.05) is 56.4 Å². The van der Waals surface area contributed by atoms with Gasteiger partial charge in [0.15, 0.2) is 0 Å². The molecule has 0 bridgehead atoms. The van der Waals surface area contributed by atoms with E-state index in [0.29, 0.717) is 24.5 Å². The van der Waals surface area contributed by atoms with Gasteiger partial charge >= 0.3 is 5.97 Å². The largest absolute Gasteiger partial charge is 0.491 e. The van der Waals surface area contributed by atoms with Gasteiger partial charge in [0.1, 0.15) is 11.4 Å². The number of H-pyrrole nitrogens is 1. The Morgan fingerprint density at radius 1 is 1.18 bits per heavy atom. The maximum atomic E-state index is 12.4. The Morgan fingerprint density at radius 2 is 2.03 bits per heavy atom. The number of esters is 1. The van der Waals surface area contributed by atoms with Crippen LogP contribution in [0.4, 0.5) is 0 Å². The van der Waals surface area contributed by atoms with Crippen molar-refractivity contribution in [2.24, 2.45) is 5.73 Å². The van der Waals surface area contributed by atoms with Crippen LogP contribution in [0.25, 0.3) is 33.1 Å². The van der Waals surface area contributed by atoms with E-state index in [0.717, 1.165) is 43.5 Å². The molecule has 2 heterocycles. The van der Waals surface area contributed by atoms with Crippen molar-refractivity contribution in [2.45, 2.75) is 25.2 Å². The Labute approximate surface area is 194 Å². The second-order valence-corrected chi connectivity index (χ2v) is 9.42. The second kappa shape index (κ2) is 10.1. The fraction of sp³-hybridized carbons (Fsp3) is 0.280. The summed E-state index contributed by atoms with van der Waals surface area (Å²) in [5.74, 6) is 0.843. The van der Waals surface area contributed by atoms with E-state index < -0.39 is 16.8 Å². The molecule has 7 nitrogen and oxygen atoms in total. The molecule has 8 heteroatoms. The fourth-order valence-corrected chi connectivity index (χ4v) is 4.61. The second-order valence-electron chi connectivity index (χ2n) is 7.68. The molecule has 2 aromatic heterocycles. The molecule has 0 fully saturated rings. The summed E-state index contributed by atoms with van der Waals surface area (Å²) in [5, 5.41) is 2.01. The molecule has 1 unspecified atom stereocenters. The number of nitrogens with two attached hydrogens (primary N) is 1. The van der Waals surface area contributed by atoms with Crippen LogP contribution in [-0.4, -0.2) is 45.7 Å². The van der Waals surface area contributed by atoms with Crippen LogP contribution in [0.3, 0.4) is 0 Å². The van der Waals surface area contributed by atoms with Crippen LogP contribution in [-0.2, 0) is 20.3 Å². The normalized spacial score (nSPS) is 12.2. The average Bonchev–Trinajstić information content (AvgIpc) is 3.22. The summed E-state index contributed by atoms with van der Waals surface area (Å²) in [6.45, 7) is 4.44. The van der Waals surface area contributed by atoms with Crippen LogP contribution >= 0.6 is 0 Å². The van der Waals surface area contributed by atoms with Crippen molar-refractivity contribution in [3.63, 3.8) is 0 Å². The summed E-state index contributed by atoms with van der Waals surface area (Å²) in [6, 6.07) is 13.9. The van der Waals surface area contributed by atoms with Crippen molar-refractivity contribution < 1.29 is 18.5 Å². The maximum Gasteiger partial charge on any atom is 0.319 e. The minimum atomic E-state index is -1.03. The standard InChI is InChI=1S/C25H27N3O4S/c1-3-33(30)18-7-4-6-17(13-18)19-8-9-21(31-10-5-11-32-22(29)14-26)24-23(19)20-12-16(2)15-27-25(20)28-24/h4,6-9,12-13,15H,3,5,10-11,14,26H2,1-2H3,(H,27,28). The van der Waals surface area contributed by atoms with Gasteiger partial charge in [0.2, 0.25) is 0 Å². The topological polar surface area (TPSA) is 107 Å². The Balaban J connectivity index is 1.74. The molecule has 172 valence electrons. The number of nitrogens with zero attached hydrogens (tertiary/aromatic N) is 1. The van der Waals surface area contributed by atoms with Crippen LogP contribution in [0.2, 0.25) is 0 Å². The maximum absolute atomic E-state index is 12.4. The van der Waals surface area contributed by atoms with Gasteiger partial charge in [0.25, 0.3) is 0 Å². The van der Waals surface area contributed by atoms with Gasteiger partial charge in [-0.2, -0.15) is 0 Å². The van der Waals surface area contributed by atoms with Crippen LogP contribution in [0.15, 0.2) is 53.6 Å². The van der Waals surface area contributed by atoms with E-state index in [2.05, 4.69) is 16.0 Å². The molecule has 0 spiro atoms. The number of nitrogens with one attached hydrogen (secondary N) is 1. The summed E-state index contributed by atoms with van der Waals surface area (Å²) < 4.78 is 23.4. The lowest BCUT2D eigenvalue weighted by Gasteiger charge is -2.12. The number of ether oxygens (including phenoxy) is 2. The van der Waals surface area contributed by atoms with Crippen molar-refractivity contribution in [1.29, 1.82) is 0 Å². The molecular weight excluding hydrogens is 438 g/mol. The third-order valence-corrected chi connectivity index (χ3v) is 6.65. The molecular formula is C25H27N3O4S. The van der Waals surface area contributed by atoms with Gasteiger partial charge in [-0.3, -0.25) is 9.00 Å². The number of carbonyl (C=O) groups excluding carboxylic acids is 1. The lowest BCUT2D eigenvalue weighted by molar-refractivity contribution is -0.142. The number of benzene rings is 2. The zero-order chi connectivity index (χ0) is 23.4. The SMILES string of the molecule is CCS(=O)c1cccc(-c2ccc(OCCCOC(=O)CN)c3[nH]c4ncc(C)cc4c23)c1. The molecule has 4 aromatic rings. The number of aromatic nitrogens is 2. The molecule has 0 aliphatic carbocycles. The van der Waals surface area contributed by atoms with E-state index in [1.165, 1.54) is 0 Å². The third kappa shape index (κ3) is 4.91. The highest BCUT2D eigenvalue weighted by molar-refractivity contribution is 7.85. The molecule has 3 N–H and O–H groups in total. The molecule has 0 saturated carbocycles. The minimum absolute atomic E-state index is 0.128. The molecule has 33 heavy (non-hydrogen) atoms. The highest BCUT2D eigenvalue weighted by Crippen LogP contribution is 2.39. The van der Waals surface area contributed by atoms with Crippen LogP contribution in [0, 0.1) is 6.92 Å². The van der Waals surface area contributed by atoms with Gasteiger partial charge < -0.3 is 20.2 Å². The van der Waals surface area contributed by atoms with Crippen LogP contribution in [0.5, 0.6) is 5.75 Å². The van der Waals surface area contributed by atoms with Gasteiger partial charge in [-0.1, -0.05) is 19.1 Å². The number of aryl methyl sites for hydroxylation is 1. The minimum Gasteiger partial charge on any atom is -0.491 e. The number of hydrogen-bond acceptors (Lipinski definition) is 6. The monoisotopic (exact) mass is 465 g/mol. The molecule has 0 aliphatic rings. The van der Waals surface area contributed by atoms with Crippen molar-refractivity contribution in [3.8, 4) is 16.9 Å². The first-order chi connectivity index (χ1) is 16.0. The molecule has 2 aromatic carbocycles. The van der Waals surface area contributed by atoms with E-state index in [9.17, 15) is 9.00 Å². The Kier molecular flexibility index (Phi) is 7.05. The molecule has 0 saturated heterocycles. The molecule has 1 atom stereocenters. The first kappa shape index (κ1) is 22.9. The number of rotatable bonds is 9. The summed E-state index contributed by atoms with van der Waals surface area (Å²) in [4.78, 5) is 20.0. The zero-order valence-corrected chi connectivity index (χ0v) is 19.5. The fourth-order valence-electron chi connectivity index (χ4n) is 3.78. The van der Waals surface area contributed by atoms with Crippen molar-refractivity contribution in [2.75, 3.05) is 25.5 Å². The van der Waals surface area contributed by atoms with Gasteiger partial charge in [-0.25, -0.2) is 4.98 Å². The average molecular weight is 466 g/mol. The predicted molar refractivity (Wildman–Crippen MR) is 131 cm³/mol. The van der Waals surface area contributed by atoms with Crippen molar-refractivity contribution in [1.82, 2.24) is 9.97 Å². The number of pyridine rings is 1. The molecule has 4 rings (SSSR count). The Hall–Kier alpha value is -3.23. The smallest absolute Gasteiger partial charge is 0.319 e. The van der Waals surface area contributed by atoms with Gasteiger partial charge in [0, 0.05) is 34.0 Å². The van der Waals surface area contributed by atoms with E-state index in [-0.39, 0.29) is 13.2 Å². The first-order valence-corrected chi connectivity index (χ1v) is 12.2.